The Hall–Kier alpha value is -3.61. The van der Waals surface area contributed by atoms with Gasteiger partial charge in [0, 0.05) is 44.1 Å². The maximum Gasteiger partial charge on any atom is 0.289 e. The summed E-state index contributed by atoms with van der Waals surface area (Å²) in [7, 11) is 1.66. The summed E-state index contributed by atoms with van der Waals surface area (Å²) < 4.78 is 5.59. The number of nitrogens with zero attached hydrogens (tertiary/aromatic N) is 3. The van der Waals surface area contributed by atoms with Gasteiger partial charge in [-0.2, -0.15) is 0 Å². The molecule has 7 heteroatoms. The molecule has 1 aromatic heterocycles. The second-order valence-electron chi connectivity index (χ2n) is 8.27. The van der Waals surface area contributed by atoms with Gasteiger partial charge in [0.1, 0.15) is 5.75 Å². The topological polar surface area (TPSA) is 78.5 Å². The third-order valence-electron chi connectivity index (χ3n) is 6.10. The molecule has 4 rings (SSSR count). The van der Waals surface area contributed by atoms with Gasteiger partial charge in [0.15, 0.2) is 5.82 Å². The van der Waals surface area contributed by atoms with E-state index in [0.717, 1.165) is 28.9 Å². The van der Waals surface area contributed by atoms with Gasteiger partial charge in [-0.25, -0.2) is 4.98 Å². The second kappa shape index (κ2) is 10.3. The number of hydrogen-bond donors (Lipinski definition) is 1. The van der Waals surface area contributed by atoms with Crippen molar-refractivity contribution >= 4 is 11.8 Å². The summed E-state index contributed by atoms with van der Waals surface area (Å²) in [6.45, 7) is 4.14. The van der Waals surface area contributed by atoms with E-state index in [1.807, 2.05) is 41.3 Å². The number of carbonyl (C=O) groups excluding carboxylic acids is 2. The number of nitrogens with one attached hydrogen (secondary N) is 1. The molecule has 0 spiro atoms. The van der Waals surface area contributed by atoms with E-state index in [4.69, 9.17) is 4.74 Å². The number of carbonyl (C=O) groups is 2. The van der Waals surface area contributed by atoms with Gasteiger partial charge in [0.2, 0.25) is 5.91 Å². The molecule has 0 bridgehead atoms. The summed E-state index contributed by atoms with van der Waals surface area (Å²) in [6, 6.07) is 16.0. The van der Waals surface area contributed by atoms with Crippen molar-refractivity contribution < 1.29 is 14.3 Å². The van der Waals surface area contributed by atoms with Crippen molar-refractivity contribution in [2.24, 2.45) is 5.92 Å². The number of aromatic amines is 1. The first-order chi connectivity index (χ1) is 16.1. The fourth-order valence-electron chi connectivity index (χ4n) is 4.50. The summed E-state index contributed by atoms with van der Waals surface area (Å²) in [5.74, 6) is 0.684. The summed E-state index contributed by atoms with van der Waals surface area (Å²) >= 11 is 0. The van der Waals surface area contributed by atoms with Gasteiger partial charge in [-0.1, -0.05) is 49.4 Å². The minimum absolute atomic E-state index is 0.0985. The lowest BCUT2D eigenvalue weighted by atomic mass is 9.91. The van der Waals surface area contributed by atoms with E-state index in [-0.39, 0.29) is 17.7 Å². The Labute approximate surface area is 194 Å². The second-order valence-corrected chi connectivity index (χ2v) is 8.27. The average Bonchev–Trinajstić information content (AvgIpc) is 3.34. The first-order valence-electron chi connectivity index (χ1n) is 11.4. The fraction of sp³-hybridized carbons (Fsp3) is 0.346. The van der Waals surface area contributed by atoms with Gasteiger partial charge in [-0.3, -0.25) is 9.59 Å². The van der Waals surface area contributed by atoms with Crippen LogP contribution in [0.1, 0.15) is 29.5 Å². The van der Waals surface area contributed by atoms with Crippen molar-refractivity contribution in [2.75, 3.05) is 33.3 Å². The molecule has 3 aromatic rings. The molecule has 33 heavy (non-hydrogen) atoms. The Kier molecular flexibility index (Phi) is 7.07. The Morgan fingerprint density at radius 3 is 2.61 bits per heavy atom. The van der Waals surface area contributed by atoms with Crippen molar-refractivity contribution in [1.29, 1.82) is 0 Å². The first-order valence-corrected chi connectivity index (χ1v) is 11.4. The van der Waals surface area contributed by atoms with E-state index in [2.05, 4.69) is 29.0 Å². The number of amides is 2. The lowest BCUT2D eigenvalue weighted by Crippen LogP contribution is -2.38. The maximum absolute atomic E-state index is 13.5. The van der Waals surface area contributed by atoms with Crippen molar-refractivity contribution in [2.45, 2.75) is 19.8 Å². The number of aromatic nitrogens is 2. The fourth-order valence-corrected chi connectivity index (χ4v) is 4.50. The van der Waals surface area contributed by atoms with Crippen LogP contribution in [-0.4, -0.2) is 64.9 Å². The summed E-state index contributed by atoms with van der Waals surface area (Å²) in [5.41, 5.74) is 3.09. The van der Waals surface area contributed by atoms with Crippen LogP contribution in [0.15, 0.2) is 60.9 Å². The van der Waals surface area contributed by atoms with E-state index in [9.17, 15) is 9.59 Å². The Balaban J connectivity index is 1.66. The first kappa shape index (κ1) is 22.6. The predicted molar refractivity (Wildman–Crippen MR) is 127 cm³/mol. The molecule has 1 saturated heterocycles. The molecule has 1 aliphatic rings. The van der Waals surface area contributed by atoms with Gasteiger partial charge in [-0.15, -0.1) is 0 Å². The van der Waals surface area contributed by atoms with Crippen molar-refractivity contribution in [3.8, 4) is 16.9 Å². The molecule has 2 heterocycles. The van der Waals surface area contributed by atoms with E-state index in [1.54, 1.807) is 24.4 Å². The monoisotopic (exact) mass is 446 g/mol. The van der Waals surface area contributed by atoms with Crippen LogP contribution in [0.25, 0.3) is 11.1 Å². The molecule has 0 saturated carbocycles. The molecule has 0 radical (unpaired) electrons. The number of hydrogen-bond acceptors (Lipinski definition) is 4. The highest BCUT2D eigenvalue weighted by molar-refractivity contribution is 5.91. The highest BCUT2D eigenvalue weighted by Crippen LogP contribution is 2.33. The largest absolute Gasteiger partial charge is 0.496 e. The van der Waals surface area contributed by atoms with Crippen molar-refractivity contribution in [3.63, 3.8) is 0 Å². The number of para-hydroxylation sites is 1. The van der Waals surface area contributed by atoms with Gasteiger partial charge in [0.05, 0.1) is 13.0 Å². The summed E-state index contributed by atoms with van der Waals surface area (Å²) in [5, 5.41) is 0. The number of benzene rings is 2. The molecule has 2 amide bonds. The zero-order valence-electron chi connectivity index (χ0n) is 19.2. The highest BCUT2D eigenvalue weighted by Gasteiger charge is 2.33. The SMILES string of the molecule is CCCN1CCN(C(=O)c2ncc[nH]2)C[C@H](Cc2ccccc2-c2ccccc2OC)C1=O. The molecular weight excluding hydrogens is 416 g/mol. The van der Waals surface area contributed by atoms with Crippen molar-refractivity contribution in [3.05, 3.63) is 72.3 Å². The minimum atomic E-state index is -0.339. The summed E-state index contributed by atoms with van der Waals surface area (Å²) in [4.78, 5) is 37.2. The molecule has 1 atom stereocenters. The molecule has 1 fully saturated rings. The Morgan fingerprint density at radius 1 is 1.12 bits per heavy atom. The Morgan fingerprint density at radius 2 is 1.88 bits per heavy atom. The highest BCUT2D eigenvalue weighted by atomic mass is 16.5. The maximum atomic E-state index is 13.5. The number of imidazole rings is 1. The number of H-pyrrole nitrogens is 1. The van der Waals surface area contributed by atoms with Crippen LogP contribution in [0.3, 0.4) is 0 Å². The van der Waals surface area contributed by atoms with E-state index in [1.165, 1.54) is 0 Å². The minimum Gasteiger partial charge on any atom is -0.496 e. The van der Waals surface area contributed by atoms with Gasteiger partial charge in [0.25, 0.3) is 5.91 Å². The van der Waals surface area contributed by atoms with Crippen LogP contribution in [0.5, 0.6) is 5.75 Å². The van der Waals surface area contributed by atoms with Crippen LogP contribution >= 0.6 is 0 Å². The van der Waals surface area contributed by atoms with E-state index < -0.39 is 0 Å². The zero-order chi connectivity index (χ0) is 23.2. The van der Waals surface area contributed by atoms with Crippen LogP contribution < -0.4 is 4.74 Å². The molecular formula is C26H30N4O3. The number of methoxy groups -OCH3 is 1. The lowest BCUT2D eigenvalue weighted by molar-refractivity contribution is -0.134. The normalized spacial score (nSPS) is 16.5. The van der Waals surface area contributed by atoms with Crippen LogP contribution in [-0.2, 0) is 11.2 Å². The summed E-state index contributed by atoms with van der Waals surface area (Å²) in [6.07, 6.45) is 4.62. The van der Waals surface area contributed by atoms with Crippen LogP contribution in [0, 0.1) is 5.92 Å². The van der Waals surface area contributed by atoms with Gasteiger partial charge >= 0.3 is 0 Å². The molecule has 172 valence electrons. The number of rotatable bonds is 7. The molecule has 7 nitrogen and oxygen atoms in total. The van der Waals surface area contributed by atoms with Gasteiger partial charge in [-0.05, 0) is 30.0 Å². The smallest absolute Gasteiger partial charge is 0.289 e. The lowest BCUT2D eigenvalue weighted by Gasteiger charge is -2.24. The predicted octanol–water partition coefficient (Wildman–Crippen LogP) is 3.64. The zero-order valence-corrected chi connectivity index (χ0v) is 19.2. The molecule has 0 aliphatic carbocycles. The quantitative estimate of drug-likeness (QED) is 0.601. The van der Waals surface area contributed by atoms with E-state index >= 15 is 0 Å². The molecule has 1 N–H and O–H groups in total. The molecule has 2 aromatic carbocycles. The van der Waals surface area contributed by atoms with Crippen LogP contribution in [0.2, 0.25) is 0 Å². The number of ether oxygens (including phenoxy) is 1. The van der Waals surface area contributed by atoms with Crippen molar-refractivity contribution in [1.82, 2.24) is 19.8 Å². The third-order valence-corrected chi connectivity index (χ3v) is 6.10. The molecule has 1 aliphatic heterocycles. The van der Waals surface area contributed by atoms with E-state index in [0.29, 0.717) is 38.4 Å². The van der Waals surface area contributed by atoms with Crippen LogP contribution in [0.4, 0.5) is 0 Å². The molecule has 0 unspecified atom stereocenters. The van der Waals surface area contributed by atoms with Gasteiger partial charge < -0.3 is 19.5 Å². The third kappa shape index (κ3) is 4.92. The average molecular weight is 447 g/mol. The standard InChI is InChI=1S/C26H30N4O3/c1-3-14-29-15-16-30(26(32)24-27-12-13-28-24)18-20(25(29)31)17-19-8-4-5-9-21(19)22-10-6-7-11-23(22)33-2/h4-13,20H,3,14-18H2,1-2H3,(H,27,28)/t20-/m0/s1. The Bertz CT molecular complexity index is 1100.